The van der Waals surface area contributed by atoms with Crippen LogP contribution in [0.25, 0.3) is 0 Å². The second-order valence-electron chi connectivity index (χ2n) is 5.08. The van der Waals surface area contributed by atoms with Crippen molar-refractivity contribution in [2.24, 2.45) is 0 Å². The normalized spacial score (nSPS) is 17.5. The van der Waals surface area contributed by atoms with Gasteiger partial charge in [-0.05, 0) is 41.1 Å². The van der Waals surface area contributed by atoms with E-state index >= 15 is 0 Å². The lowest BCUT2D eigenvalue weighted by atomic mass is 10.1. The van der Waals surface area contributed by atoms with Crippen molar-refractivity contribution in [2.45, 2.75) is 13.0 Å². The Balaban J connectivity index is 2.00. The number of carboxylic acids is 1. The average molecular weight is 356 g/mol. The van der Waals surface area contributed by atoms with Gasteiger partial charge in [0, 0.05) is 41.9 Å². The Morgan fingerprint density at radius 1 is 1.29 bits per heavy atom. The van der Waals surface area contributed by atoms with E-state index in [1.807, 2.05) is 4.90 Å². The lowest BCUT2D eigenvalue weighted by molar-refractivity contribution is -0.143. The van der Waals surface area contributed by atoms with Crippen molar-refractivity contribution in [2.75, 3.05) is 31.9 Å². The summed E-state index contributed by atoms with van der Waals surface area (Å²) < 4.78 is 0.700. The molecule has 114 valence electrons. The molecule has 21 heavy (non-hydrogen) atoms. The number of carbonyl (C=O) groups excluding carboxylic acids is 1. The van der Waals surface area contributed by atoms with E-state index in [1.54, 1.807) is 30.0 Å². The molecular formula is C14H18BrN3O3. The summed E-state index contributed by atoms with van der Waals surface area (Å²) >= 11 is 3.31. The maximum Gasteiger partial charge on any atom is 0.320 e. The molecule has 3 N–H and O–H groups in total. The lowest BCUT2D eigenvalue weighted by Gasteiger charge is -2.36. The van der Waals surface area contributed by atoms with E-state index in [0.717, 1.165) is 0 Å². The van der Waals surface area contributed by atoms with Crippen LogP contribution in [0.3, 0.4) is 0 Å². The molecule has 6 nitrogen and oxygen atoms in total. The number of amides is 1. The van der Waals surface area contributed by atoms with Gasteiger partial charge in [-0.1, -0.05) is 0 Å². The van der Waals surface area contributed by atoms with Gasteiger partial charge in [-0.15, -0.1) is 0 Å². The summed E-state index contributed by atoms with van der Waals surface area (Å²) in [5.74, 6) is -0.893. The highest BCUT2D eigenvalue weighted by Crippen LogP contribution is 2.21. The number of carbonyl (C=O) groups is 2. The van der Waals surface area contributed by atoms with E-state index in [0.29, 0.717) is 41.9 Å². The Morgan fingerprint density at radius 2 is 1.90 bits per heavy atom. The van der Waals surface area contributed by atoms with Crippen molar-refractivity contribution in [1.29, 1.82) is 0 Å². The van der Waals surface area contributed by atoms with Crippen LogP contribution in [0.1, 0.15) is 17.3 Å². The van der Waals surface area contributed by atoms with Crippen LogP contribution in [-0.4, -0.2) is 59.0 Å². The number of rotatable bonds is 3. The number of nitrogens with two attached hydrogens (primary N) is 1. The van der Waals surface area contributed by atoms with Gasteiger partial charge in [0.25, 0.3) is 5.91 Å². The molecule has 0 saturated carbocycles. The lowest BCUT2D eigenvalue weighted by Crippen LogP contribution is -2.53. The Labute approximate surface area is 131 Å². The van der Waals surface area contributed by atoms with Crippen LogP contribution in [0.15, 0.2) is 22.7 Å². The van der Waals surface area contributed by atoms with Gasteiger partial charge in [-0.3, -0.25) is 14.5 Å². The minimum atomic E-state index is -0.836. The van der Waals surface area contributed by atoms with E-state index in [2.05, 4.69) is 15.9 Å². The molecule has 0 bridgehead atoms. The van der Waals surface area contributed by atoms with Crippen LogP contribution in [0, 0.1) is 0 Å². The number of nitrogens with zero attached hydrogens (tertiary/aromatic N) is 2. The van der Waals surface area contributed by atoms with Crippen LogP contribution in [0.5, 0.6) is 0 Å². The van der Waals surface area contributed by atoms with Crippen LogP contribution in [-0.2, 0) is 4.79 Å². The topological polar surface area (TPSA) is 86.9 Å². The molecule has 1 unspecified atom stereocenters. The van der Waals surface area contributed by atoms with Gasteiger partial charge in [0.05, 0.1) is 0 Å². The zero-order valence-electron chi connectivity index (χ0n) is 11.8. The predicted molar refractivity (Wildman–Crippen MR) is 83.1 cm³/mol. The summed E-state index contributed by atoms with van der Waals surface area (Å²) in [5.41, 5.74) is 6.88. The van der Waals surface area contributed by atoms with Gasteiger partial charge >= 0.3 is 5.97 Å². The minimum absolute atomic E-state index is 0.0571. The Hall–Kier alpha value is -1.60. The SMILES string of the molecule is CC(C(=O)O)N1CCN(C(=O)c2ccc(N)c(Br)c2)CC1. The molecule has 0 radical (unpaired) electrons. The highest BCUT2D eigenvalue weighted by Gasteiger charge is 2.27. The Bertz CT molecular complexity index is 556. The van der Waals surface area contributed by atoms with E-state index in [9.17, 15) is 9.59 Å². The molecule has 2 rings (SSSR count). The molecule has 1 amide bonds. The second-order valence-corrected chi connectivity index (χ2v) is 5.93. The maximum atomic E-state index is 12.4. The smallest absolute Gasteiger partial charge is 0.320 e. The number of aliphatic carboxylic acids is 1. The van der Waals surface area contributed by atoms with Crippen LogP contribution in [0.2, 0.25) is 0 Å². The van der Waals surface area contributed by atoms with Crippen molar-refractivity contribution in [3.05, 3.63) is 28.2 Å². The van der Waals surface area contributed by atoms with Crippen molar-refractivity contribution in [3.63, 3.8) is 0 Å². The van der Waals surface area contributed by atoms with Crippen LogP contribution in [0.4, 0.5) is 5.69 Å². The van der Waals surface area contributed by atoms with Gasteiger partial charge in [-0.2, -0.15) is 0 Å². The first kappa shape index (κ1) is 15.8. The van der Waals surface area contributed by atoms with Crippen molar-refractivity contribution < 1.29 is 14.7 Å². The summed E-state index contributed by atoms with van der Waals surface area (Å²) in [7, 11) is 0. The molecule has 1 aliphatic heterocycles. The summed E-state index contributed by atoms with van der Waals surface area (Å²) in [4.78, 5) is 27.0. The first-order valence-electron chi connectivity index (χ1n) is 6.71. The average Bonchev–Trinajstić information content (AvgIpc) is 2.48. The minimum Gasteiger partial charge on any atom is -0.480 e. The third kappa shape index (κ3) is 3.54. The summed E-state index contributed by atoms with van der Waals surface area (Å²) in [6.07, 6.45) is 0. The van der Waals surface area contributed by atoms with Crippen LogP contribution >= 0.6 is 15.9 Å². The molecule has 0 aliphatic carbocycles. The first-order chi connectivity index (χ1) is 9.90. The van der Waals surface area contributed by atoms with Gasteiger partial charge in [-0.25, -0.2) is 0 Å². The van der Waals surface area contributed by atoms with E-state index in [4.69, 9.17) is 10.8 Å². The van der Waals surface area contributed by atoms with Crippen molar-refractivity contribution in [1.82, 2.24) is 9.80 Å². The molecule has 1 aromatic rings. The van der Waals surface area contributed by atoms with Gasteiger partial charge in [0.1, 0.15) is 6.04 Å². The third-order valence-electron chi connectivity index (χ3n) is 3.75. The quantitative estimate of drug-likeness (QED) is 0.797. The largest absolute Gasteiger partial charge is 0.480 e. The highest BCUT2D eigenvalue weighted by atomic mass is 79.9. The summed E-state index contributed by atoms with van der Waals surface area (Å²) in [6, 6.07) is 4.59. The number of anilines is 1. The molecule has 0 spiro atoms. The standard InChI is InChI=1S/C14H18BrN3O3/c1-9(14(20)21)17-4-6-18(7-5-17)13(19)10-2-3-12(16)11(15)8-10/h2-3,8-9H,4-7,16H2,1H3,(H,20,21). The number of carboxylic acid groups (broad SMARTS) is 1. The van der Waals surface area contributed by atoms with Crippen molar-refractivity contribution in [3.8, 4) is 0 Å². The zero-order valence-corrected chi connectivity index (χ0v) is 13.3. The van der Waals surface area contributed by atoms with Crippen LogP contribution < -0.4 is 5.73 Å². The van der Waals surface area contributed by atoms with E-state index in [-0.39, 0.29) is 5.91 Å². The fourth-order valence-corrected chi connectivity index (χ4v) is 2.69. The Morgan fingerprint density at radius 3 is 2.43 bits per heavy atom. The zero-order chi connectivity index (χ0) is 15.6. The molecule has 1 aromatic carbocycles. The maximum absolute atomic E-state index is 12.4. The molecule has 1 heterocycles. The molecular weight excluding hydrogens is 338 g/mol. The van der Waals surface area contributed by atoms with Crippen molar-refractivity contribution >= 4 is 33.5 Å². The number of benzene rings is 1. The molecule has 1 fully saturated rings. The fourth-order valence-electron chi connectivity index (χ4n) is 2.31. The second kappa shape index (κ2) is 6.44. The van der Waals surface area contributed by atoms with Gasteiger partial charge in [0.15, 0.2) is 0 Å². The fraction of sp³-hybridized carbons (Fsp3) is 0.429. The molecule has 1 saturated heterocycles. The molecule has 1 atom stereocenters. The Kier molecular flexibility index (Phi) is 4.84. The third-order valence-corrected chi connectivity index (χ3v) is 4.44. The molecule has 7 heteroatoms. The number of piperazine rings is 1. The van der Waals surface area contributed by atoms with Gasteiger partial charge < -0.3 is 15.7 Å². The number of hydrogen-bond donors (Lipinski definition) is 2. The molecule has 1 aliphatic rings. The molecule has 0 aromatic heterocycles. The first-order valence-corrected chi connectivity index (χ1v) is 7.50. The van der Waals surface area contributed by atoms with E-state index in [1.165, 1.54) is 0 Å². The highest BCUT2D eigenvalue weighted by molar-refractivity contribution is 9.10. The number of halogens is 1. The number of nitrogen functional groups attached to an aromatic ring is 1. The predicted octanol–water partition coefficient (Wildman–Crippen LogP) is 1.26. The summed E-state index contributed by atoms with van der Waals surface area (Å²) in [5, 5.41) is 9.00. The number of hydrogen-bond acceptors (Lipinski definition) is 4. The monoisotopic (exact) mass is 355 g/mol. The van der Waals surface area contributed by atoms with Gasteiger partial charge in [0.2, 0.25) is 0 Å². The van der Waals surface area contributed by atoms with E-state index < -0.39 is 12.0 Å². The summed E-state index contributed by atoms with van der Waals surface area (Å²) in [6.45, 7) is 3.85.